The lowest BCUT2D eigenvalue weighted by molar-refractivity contribution is -0.889. The largest absolute Gasteiger partial charge is 0.544 e. The van der Waals surface area contributed by atoms with Gasteiger partial charge in [0.25, 0.3) is 0 Å². The smallest absolute Gasteiger partial charge is 0.306 e. The zero-order valence-electron chi connectivity index (χ0n) is 38.3. The maximum absolute atomic E-state index is 12.7. The topological polar surface area (TPSA) is 102 Å². The van der Waals surface area contributed by atoms with E-state index in [1.54, 1.807) is 21.1 Å². The molecule has 336 valence electrons. The van der Waals surface area contributed by atoms with E-state index in [2.05, 4.69) is 26.0 Å². The Hall–Kier alpha value is -1.93. The van der Waals surface area contributed by atoms with E-state index in [1.165, 1.54) is 148 Å². The number of carbonyl (C=O) groups excluding carboxylic acids is 3. The van der Waals surface area contributed by atoms with E-state index in [4.69, 9.17) is 14.2 Å². The Morgan fingerprint density at radius 2 is 0.877 bits per heavy atom. The van der Waals surface area contributed by atoms with Crippen molar-refractivity contribution in [3.63, 3.8) is 0 Å². The van der Waals surface area contributed by atoms with Gasteiger partial charge in [0.2, 0.25) is 0 Å². The number of hydrogen-bond donors (Lipinski definition) is 0. The predicted molar refractivity (Wildman–Crippen MR) is 236 cm³/mol. The first-order chi connectivity index (χ1) is 27.6. The molecule has 0 heterocycles. The molecule has 0 spiro atoms. The molecule has 57 heavy (non-hydrogen) atoms. The number of hydrogen-bond acceptors (Lipinski definition) is 7. The van der Waals surface area contributed by atoms with Gasteiger partial charge in [0.1, 0.15) is 12.6 Å². The molecule has 0 aromatic rings. The molecule has 0 saturated heterocycles. The van der Waals surface area contributed by atoms with E-state index < -0.39 is 18.1 Å². The average Bonchev–Trinajstić information content (AvgIpc) is 3.17. The first kappa shape index (κ1) is 55.1. The molecule has 2 unspecified atom stereocenters. The molecule has 0 fully saturated rings. The Morgan fingerprint density at radius 1 is 0.509 bits per heavy atom. The van der Waals surface area contributed by atoms with Gasteiger partial charge in [-0.1, -0.05) is 187 Å². The monoisotopic (exact) mass is 808 g/mol. The van der Waals surface area contributed by atoms with E-state index in [-0.39, 0.29) is 42.7 Å². The third kappa shape index (κ3) is 39.3. The first-order valence-corrected chi connectivity index (χ1v) is 24.2. The van der Waals surface area contributed by atoms with Gasteiger partial charge in [0.15, 0.2) is 6.10 Å². The SMILES string of the molecule is CCCCCC/C=C\CCCCCCCC(=O)OC(COCCC(C(=O)[O-])[N+](C)(C)C)COC(=O)CCCCCCCCCCCCCCCCCCCCCC. The second-order valence-corrected chi connectivity index (χ2v) is 17.7. The number of aliphatic carboxylic acids is 1. The summed E-state index contributed by atoms with van der Waals surface area (Å²) in [7, 11) is 5.42. The lowest BCUT2D eigenvalue weighted by Gasteiger charge is -2.34. The van der Waals surface area contributed by atoms with Crippen molar-refractivity contribution in [2.24, 2.45) is 0 Å². The highest BCUT2D eigenvalue weighted by Gasteiger charge is 2.25. The number of carboxylic acid groups (broad SMARTS) is 1. The molecule has 0 aliphatic heterocycles. The summed E-state index contributed by atoms with van der Waals surface area (Å²) in [5, 5.41) is 11.6. The highest BCUT2D eigenvalue weighted by molar-refractivity contribution is 5.70. The van der Waals surface area contributed by atoms with E-state index in [9.17, 15) is 19.5 Å². The molecular formula is C49H93NO7. The molecular weight excluding hydrogens is 715 g/mol. The van der Waals surface area contributed by atoms with Crippen molar-refractivity contribution in [3.05, 3.63) is 12.2 Å². The Labute approximate surface area is 352 Å². The highest BCUT2D eigenvalue weighted by atomic mass is 16.6. The van der Waals surface area contributed by atoms with Gasteiger partial charge in [0, 0.05) is 19.3 Å². The zero-order valence-corrected chi connectivity index (χ0v) is 38.3. The molecule has 0 saturated carbocycles. The fraction of sp³-hybridized carbons (Fsp3) is 0.898. The number of ether oxygens (including phenoxy) is 3. The molecule has 8 heteroatoms. The average molecular weight is 808 g/mol. The lowest BCUT2D eigenvalue weighted by Crippen LogP contribution is -2.55. The number of likely N-dealkylation sites (N-methyl/N-ethyl adjacent to an activating group) is 1. The third-order valence-corrected chi connectivity index (χ3v) is 11.2. The van der Waals surface area contributed by atoms with Crippen LogP contribution in [-0.2, 0) is 28.6 Å². The van der Waals surface area contributed by atoms with Crippen molar-refractivity contribution in [2.75, 3.05) is 41.0 Å². The van der Waals surface area contributed by atoms with Crippen LogP contribution in [0.3, 0.4) is 0 Å². The van der Waals surface area contributed by atoms with Gasteiger partial charge in [-0.15, -0.1) is 0 Å². The quantitative estimate of drug-likeness (QED) is 0.0261. The van der Waals surface area contributed by atoms with Gasteiger partial charge < -0.3 is 28.6 Å². The van der Waals surface area contributed by atoms with Crippen LogP contribution in [0.15, 0.2) is 12.2 Å². The molecule has 0 aliphatic rings. The fourth-order valence-electron chi connectivity index (χ4n) is 7.36. The van der Waals surface area contributed by atoms with Crippen LogP contribution in [0, 0.1) is 0 Å². The van der Waals surface area contributed by atoms with Crippen LogP contribution in [-0.4, -0.2) is 75.5 Å². The molecule has 0 amide bonds. The van der Waals surface area contributed by atoms with Gasteiger partial charge in [-0.2, -0.15) is 0 Å². The molecule has 8 nitrogen and oxygen atoms in total. The van der Waals surface area contributed by atoms with Crippen LogP contribution in [0.25, 0.3) is 0 Å². The van der Waals surface area contributed by atoms with Crippen molar-refractivity contribution in [1.29, 1.82) is 0 Å². The van der Waals surface area contributed by atoms with Gasteiger partial charge in [-0.05, 0) is 38.5 Å². The number of allylic oxidation sites excluding steroid dienone is 2. The van der Waals surface area contributed by atoms with E-state index >= 15 is 0 Å². The summed E-state index contributed by atoms with van der Waals surface area (Å²) in [5.74, 6) is -1.73. The number of carbonyl (C=O) groups is 3. The van der Waals surface area contributed by atoms with Crippen molar-refractivity contribution >= 4 is 17.9 Å². The maximum atomic E-state index is 12.7. The zero-order chi connectivity index (χ0) is 42.1. The summed E-state index contributed by atoms with van der Waals surface area (Å²) in [6, 6.07) is -0.723. The maximum Gasteiger partial charge on any atom is 0.306 e. The van der Waals surface area contributed by atoms with Gasteiger partial charge >= 0.3 is 11.9 Å². The number of nitrogens with zero attached hydrogens (tertiary/aromatic N) is 1. The molecule has 0 bridgehead atoms. The Bertz CT molecular complexity index is 947. The predicted octanol–water partition coefficient (Wildman–Crippen LogP) is 12.1. The highest BCUT2D eigenvalue weighted by Crippen LogP contribution is 2.16. The van der Waals surface area contributed by atoms with Crippen molar-refractivity contribution in [1.82, 2.24) is 0 Å². The third-order valence-electron chi connectivity index (χ3n) is 11.2. The minimum atomic E-state index is -1.12. The van der Waals surface area contributed by atoms with Gasteiger partial charge in [-0.3, -0.25) is 9.59 Å². The molecule has 0 radical (unpaired) electrons. The minimum absolute atomic E-state index is 0.0430. The molecule has 0 N–H and O–H groups in total. The van der Waals surface area contributed by atoms with Crippen LogP contribution >= 0.6 is 0 Å². The van der Waals surface area contributed by atoms with Gasteiger partial charge in [0.05, 0.1) is 40.3 Å². The number of quaternary nitrogens is 1. The molecule has 0 aliphatic carbocycles. The van der Waals surface area contributed by atoms with Crippen molar-refractivity contribution < 1.29 is 38.2 Å². The normalized spacial score (nSPS) is 12.9. The second-order valence-electron chi connectivity index (χ2n) is 17.7. The van der Waals surface area contributed by atoms with Crippen LogP contribution < -0.4 is 5.11 Å². The minimum Gasteiger partial charge on any atom is -0.544 e. The molecule has 0 rings (SSSR count). The fourth-order valence-corrected chi connectivity index (χ4v) is 7.36. The Morgan fingerprint density at radius 3 is 1.28 bits per heavy atom. The summed E-state index contributed by atoms with van der Waals surface area (Å²) in [4.78, 5) is 36.9. The summed E-state index contributed by atoms with van der Waals surface area (Å²) < 4.78 is 17.2. The number of rotatable bonds is 44. The lowest BCUT2D eigenvalue weighted by atomic mass is 10.0. The Balaban J connectivity index is 4.21. The second kappa shape index (κ2) is 40.8. The number of unbranched alkanes of at least 4 members (excludes halogenated alkanes) is 28. The van der Waals surface area contributed by atoms with E-state index in [1.807, 2.05) is 0 Å². The molecule has 0 aromatic heterocycles. The first-order valence-electron chi connectivity index (χ1n) is 24.2. The molecule has 0 aromatic carbocycles. The standard InChI is InChI=1S/C49H93NO7/c1-6-8-10-12-14-16-18-20-21-22-23-24-25-26-28-29-31-33-35-37-39-47(51)56-44-45(43-55-42-41-46(49(53)54)50(3,4)5)57-48(52)40-38-36-34-32-30-27-19-17-15-13-11-9-7-2/h17,19,45-46H,6-16,18,20-44H2,1-5H3/b19-17-. The summed E-state index contributed by atoms with van der Waals surface area (Å²) in [6.45, 7) is 4.67. The van der Waals surface area contributed by atoms with Crippen molar-refractivity contribution in [2.45, 2.75) is 244 Å². The number of carboxylic acids is 1. The van der Waals surface area contributed by atoms with Crippen LogP contribution in [0.1, 0.15) is 232 Å². The van der Waals surface area contributed by atoms with E-state index in [0.29, 0.717) is 12.8 Å². The van der Waals surface area contributed by atoms with Crippen LogP contribution in [0.2, 0.25) is 0 Å². The Kier molecular flexibility index (Phi) is 39.4. The summed E-state index contributed by atoms with van der Waals surface area (Å²) in [5.41, 5.74) is 0. The number of esters is 2. The van der Waals surface area contributed by atoms with Crippen molar-refractivity contribution in [3.8, 4) is 0 Å². The summed E-state index contributed by atoms with van der Waals surface area (Å²) >= 11 is 0. The van der Waals surface area contributed by atoms with Crippen LogP contribution in [0.4, 0.5) is 0 Å². The molecule has 2 atom stereocenters. The van der Waals surface area contributed by atoms with Crippen LogP contribution in [0.5, 0.6) is 0 Å². The van der Waals surface area contributed by atoms with Gasteiger partial charge in [-0.25, -0.2) is 0 Å². The van der Waals surface area contributed by atoms with E-state index in [0.717, 1.165) is 51.4 Å². The summed E-state index contributed by atoms with van der Waals surface area (Å²) in [6.07, 6.45) is 43.8.